The van der Waals surface area contributed by atoms with E-state index in [1.165, 1.54) is 16.9 Å². The number of rotatable bonds is 4. The number of likely N-dealkylation sites (N-methyl/N-ethyl adjacent to an activating group) is 1. The van der Waals surface area contributed by atoms with Gasteiger partial charge in [-0.3, -0.25) is 9.69 Å². The van der Waals surface area contributed by atoms with E-state index in [1.54, 1.807) is 12.1 Å². The Labute approximate surface area is 161 Å². The summed E-state index contributed by atoms with van der Waals surface area (Å²) in [6, 6.07) is 9.27. The minimum atomic E-state index is -0.274. The Morgan fingerprint density at radius 3 is 3.00 bits per heavy atom. The van der Waals surface area contributed by atoms with Crippen LogP contribution in [0.2, 0.25) is 0 Å². The number of anilines is 2. The van der Waals surface area contributed by atoms with Crippen molar-refractivity contribution in [1.82, 2.24) is 9.88 Å². The van der Waals surface area contributed by atoms with Crippen LogP contribution in [0.4, 0.5) is 11.4 Å². The van der Waals surface area contributed by atoms with Crippen molar-refractivity contribution in [1.29, 1.82) is 0 Å². The van der Waals surface area contributed by atoms with Gasteiger partial charge in [-0.15, -0.1) is 11.3 Å². The molecule has 1 aliphatic heterocycles. The maximum atomic E-state index is 12.8. The number of carbonyl (C=O) groups excluding carboxylic acids is 1. The molecule has 0 aliphatic carbocycles. The largest absolute Gasteiger partial charge is 0.397 e. The van der Waals surface area contributed by atoms with Crippen molar-refractivity contribution in [3.05, 3.63) is 52.0 Å². The van der Waals surface area contributed by atoms with Crippen molar-refractivity contribution in [3.8, 4) is 0 Å². The maximum Gasteiger partial charge on any atom is 0.267 e. The van der Waals surface area contributed by atoms with Crippen LogP contribution in [0.15, 0.2) is 30.3 Å². The van der Waals surface area contributed by atoms with Crippen LogP contribution in [0, 0.1) is 0 Å². The summed E-state index contributed by atoms with van der Waals surface area (Å²) in [5.74, 6) is -0.274. The van der Waals surface area contributed by atoms with E-state index in [2.05, 4.69) is 23.2 Å². The average Bonchev–Trinajstić information content (AvgIpc) is 3.02. The predicted octanol–water partition coefficient (Wildman–Crippen LogP) is 3.00. The van der Waals surface area contributed by atoms with Gasteiger partial charge < -0.3 is 16.2 Å². The number of aliphatic hydroxyl groups is 1. The Kier molecular flexibility index (Phi) is 4.82. The monoisotopic (exact) mass is 382 g/mol. The maximum absolute atomic E-state index is 12.8. The fourth-order valence-corrected chi connectivity index (χ4v) is 4.45. The van der Waals surface area contributed by atoms with Crippen molar-refractivity contribution in [2.24, 2.45) is 0 Å². The van der Waals surface area contributed by atoms with Gasteiger partial charge in [0.1, 0.15) is 9.71 Å². The smallest absolute Gasteiger partial charge is 0.267 e. The lowest BCUT2D eigenvalue weighted by atomic mass is 10.0. The van der Waals surface area contributed by atoms with Gasteiger partial charge in [-0.2, -0.15) is 0 Å². The fourth-order valence-electron chi connectivity index (χ4n) is 3.45. The third-order valence-corrected chi connectivity index (χ3v) is 6.15. The molecule has 27 heavy (non-hydrogen) atoms. The Hall–Kier alpha value is -2.48. The number of nitrogen functional groups attached to an aromatic ring is 1. The molecule has 1 aliphatic rings. The standard InChI is InChI=1S/C20H22N4O2S/c1-2-24-8-7-16-13(10-24)9-14-17(21)18(27-20(14)23-16)19(26)22-15-6-4-3-5-12(15)11-25/h3-6,9,25H,2,7-8,10-11,21H2,1H3,(H,22,26). The summed E-state index contributed by atoms with van der Waals surface area (Å²) >= 11 is 1.32. The average molecular weight is 382 g/mol. The topological polar surface area (TPSA) is 91.5 Å². The molecule has 1 amide bonds. The Bertz CT molecular complexity index is 1010. The van der Waals surface area contributed by atoms with Crippen LogP contribution >= 0.6 is 11.3 Å². The zero-order valence-corrected chi connectivity index (χ0v) is 16.0. The number of hydrogen-bond donors (Lipinski definition) is 3. The van der Waals surface area contributed by atoms with Gasteiger partial charge in [-0.05, 0) is 24.2 Å². The van der Waals surface area contributed by atoms with Crippen LogP contribution in [0.5, 0.6) is 0 Å². The van der Waals surface area contributed by atoms with Gasteiger partial charge in [0.05, 0.1) is 12.3 Å². The molecule has 0 saturated carbocycles. The molecule has 0 spiro atoms. The van der Waals surface area contributed by atoms with Crippen LogP contribution in [0.1, 0.15) is 33.4 Å². The Morgan fingerprint density at radius 1 is 1.41 bits per heavy atom. The first kappa shape index (κ1) is 17.9. The first-order valence-corrected chi connectivity index (χ1v) is 9.85. The van der Waals surface area contributed by atoms with Crippen molar-refractivity contribution in [2.45, 2.75) is 26.5 Å². The molecule has 4 rings (SSSR count). The predicted molar refractivity (Wildman–Crippen MR) is 109 cm³/mol. The molecule has 0 atom stereocenters. The van der Waals surface area contributed by atoms with E-state index in [0.717, 1.165) is 42.0 Å². The van der Waals surface area contributed by atoms with Crippen LogP contribution in [-0.4, -0.2) is 34.0 Å². The van der Waals surface area contributed by atoms with Crippen LogP contribution in [-0.2, 0) is 19.6 Å². The molecule has 0 saturated heterocycles. The number of hydrogen-bond acceptors (Lipinski definition) is 6. The van der Waals surface area contributed by atoms with E-state index in [9.17, 15) is 9.90 Å². The summed E-state index contributed by atoms with van der Waals surface area (Å²) in [6.45, 7) is 4.90. The second-order valence-corrected chi connectivity index (χ2v) is 7.68. The molecule has 4 N–H and O–H groups in total. The number of thiophene rings is 1. The third-order valence-electron chi connectivity index (χ3n) is 5.04. The number of fused-ring (bicyclic) bond motifs is 2. The highest BCUT2D eigenvalue weighted by molar-refractivity contribution is 7.21. The molecule has 7 heteroatoms. The molecule has 2 aromatic heterocycles. The number of carbonyl (C=O) groups is 1. The minimum absolute atomic E-state index is 0.138. The van der Waals surface area contributed by atoms with Crippen molar-refractivity contribution in [2.75, 3.05) is 24.1 Å². The molecule has 0 bridgehead atoms. The number of pyridine rings is 1. The highest BCUT2D eigenvalue weighted by Crippen LogP contribution is 2.35. The van der Waals surface area contributed by atoms with Gasteiger partial charge in [0.25, 0.3) is 5.91 Å². The van der Waals surface area contributed by atoms with Gasteiger partial charge in [-0.25, -0.2) is 4.98 Å². The summed E-state index contributed by atoms with van der Waals surface area (Å²) in [7, 11) is 0. The lowest BCUT2D eigenvalue weighted by molar-refractivity contribution is 0.103. The third kappa shape index (κ3) is 3.29. The molecular weight excluding hydrogens is 360 g/mol. The number of nitrogens with two attached hydrogens (primary N) is 1. The van der Waals surface area contributed by atoms with Crippen LogP contribution in [0.3, 0.4) is 0 Å². The Morgan fingerprint density at radius 2 is 2.22 bits per heavy atom. The number of aliphatic hydroxyl groups excluding tert-OH is 1. The van der Waals surface area contributed by atoms with Crippen molar-refractivity contribution < 1.29 is 9.90 Å². The van der Waals surface area contributed by atoms with Crippen molar-refractivity contribution in [3.63, 3.8) is 0 Å². The van der Waals surface area contributed by atoms with Gasteiger partial charge >= 0.3 is 0 Å². The SMILES string of the molecule is CCN1CCc2nc3sc(C(=O)Nc4ccccc4CO)c(N)c3cc2C1. The van der Waals surface area contributed by atoms with Gasteiger partial charge in [0.15, 0.2) is 0 Å². The summed E-state index contributed by atoms with van der Waals surface area (Å²) < 4.78 is 0. The van der Waals surface area contributed by atoms with E-state index in [1.807, 2.05) is 12.1 Å². The molecule has 6 nitrogen and oxygen atoms in total. The lowest BCUT2D eigenvalue weighted by Gasteiger charge is -2.26. The highest BCUT2D eigenvalue weighted by Gasteiger charge is 2.22. The molecule has 1 aromatic carbocycles. The normalized spacial score (nSPS) is 14.3. The van der Waals surface area contributed by atoms with E-state index >= 15 is 0 Å². The van der Waals surface area contributed by atoms with Crippen molar-refractivity contribution >= 4 is 38.8 Å². The summed E-state index contributed by atoms with van der Waals surface area (Å²) in [5, 5.41) is 13.2. The second-order valence-electron chi connectivity index (χ2n) is 6.68. The lowest BCUT2D eigenvalue weighted by Crippen LogP contribution is -2.30. The molecular formula is C20H22N4O2S. The molecule has 3 aromatic rings. The number of benzene rings is 1. The zero-order valence-electron chi connectivity index (χ0n) is 15.2. The molecule has 0 radical (unpaired) electrons. The van der Waals surface area contributed by atoms with E-state index in [0.29, 0.717) is 21.8 Å². The minimum Gasteiger partial charge on any atom is -0.397 e. The van der Waals surface area contributed by atoms with E-state index in [4.69, 9.17) is 10.7 Å². The summed E-state index contributed by atoms with van der Waals surface area (Å²) in [4.78, 5) is 21.2. The first-order valence-electron chi connectivity index (χ1n) is 9.04. The molecule has 0 fully saturated rings. The summed E-state index contributed by atoms with van der Waals surface area (Å²) in [5.41, 5.74) is 10.3. The van der Waals surface area contributed by atoms with Crippen LogP contribution < -0.4 is 11.1 Å². The number of para-hydroxylation sites is 1. The fraction of sp³-hybridized carbons (Fsp3) is 0.300. The quantitative estimate of drug-likeness (QED) is 0.645. The number of nitrogens with one attached hydrogen (secondary N) is 1. The number of nitrogens with zero attached hydrogens (tertiary/aromatic N) is 2. The second kappa shape index (κ2) is 7.26. The van der Waals surface area contributed by atoms with Gasteiger partial charge in [0, 0.05) is 41.8 Å². The molecule has 140 valence electrons. The number of aromatic nitrogens is 1. The summed E-state index contributed by atoms with van der Waals surface area (Å²) in [6.07, 6.45) is 0.919. The van der Waals surface area contributed by atoms with E-state index < -0.39 is 0 Å². The molecule has 0 unspecified atom stereocenters. The molecule has 3 heterocycles. The van der Waals surface area contributed by atoms with Gasteiger partial charge in [0.2, 0.25) is 0 Å². The van der Waals surface area contributed by atoms with Gasteiger partial charge in [-0.1, -0.05) is 25.1 Å². The Balaban J connectivity index is 1.68. The highest BCUT2D eigenvalue weighted by atomic mass is 32.1. The first-order chi connectivity index (χ1) is 13.1. The van der Waals surface area contributed by atoms with E-state index in [-0.39, 0.29) is 12.5 Å². The van der Waals surface area contributed by atoms with Crippen LogP contribution in [0.25, 0.3) is 10.2 Å². The zero-order chi connectivity index (χ0) is 19.0. The number of amides is 1.